The van der Waals surface area contributed by atoms with Crippen molar-refractivity contribution in [3.05, 3.63) is 34.4 Å². The van der Waals surface area contributed by atoms with Crippen LogP contribution in [0.1, 0.15) is 6.92 Å². The summed E-state index contributed by atoms with van der Waals surface area (Å²) >= 11 is 13.5. The number of methoxy groups -OCH3 is 1. The van der Waals surface area contributed by atoms with Crippen LogP contribution >= 0.6 is 35.0 Å². The van der Waals surface area contributed by atoms with Crippen LogP contribution in [0.2, 0.25) is 10.0 Å². The van der Waals surface area contributed by atoms with E-state index in [9.17, 15) is 4.79 Å². The molecular formula is C20H24Cl2N6O3S. The second-order valence-electron chi connectivity index (χ2n) is 6.53. The summed E-state index contributed by atoms with van der Waals surface area (Å²) in [5.41, 5.74) is 0.703. The molecule has 0 saturated carbocycles. The van der Waals surface area contributed by atoms with Gasteiger partial charge in [-0.2, -0.15) is 5.10 Å². The number of aromatic nitrogens is 4. The Morgan fingerprint density at radius 3 is 2.84 bits per heavy atom. The van der Waals surface area contributed by atoms with E-state index < -0.39 is 0 Å². The summed E-state index contributed by atoms with van der Waals surface area (Å²) in [4.78, 5) is 21.3. The topological polar surface area (TPSA) is 103 Å². The Kier molecular flexibility index (Phi) is 9.22. The minimum absolute atomic E-state index is 0.158. The van der Waals surface area contributed by atoms with Gasteiger partial charge in [0.15, 0.2) is 17.4 Å². The predicted octanol–water partition coefficient (Wildman–Crippen LogP) is 3.50. The van der Waals surface area contributed by atoms with Gasteiger partial charge in [0.2, 0.25) is 0 Å². The molecule has 3 aromatic rings. The highest BCUT2D eigenvalue weighted by molar-refractivity contribution is 7.99. The Labute approximate surface area is 200 Å². The Bertz CT molecular complexity index is 1070. The second kappa shape index (κ2) is 12.1. The predicted molar refractivity (Wildman–Crippen MR) is 127 cm³/mol. The van der Waals surface area contributed by atoms with Crippen LogP contribution in [0, 0.1) is 0 Å². The molecule has 0 aliphatic heterocycles. The molecule has 1 aromatic carbocycles. The Morgan fingerprint density at radius 2 is 2.09 bits per heavy atom. The van der Waals surface area contributed by atoms with Crippen molar-refractivity contribution in [2.75, 3.05) is 44.5 Å². The number of nitrogens with one attached hydrogen (secondary N) is 2. The molecule has 3 rings (SSSR count). The van der Waals surface area contributed by atoms with Crippen molar-refractivity contribution in [1.82, 2.24) is 25.1 Å². The Balaban J connectivity index is 1.59. The number of carbonyl (C=O) groups is 1. The highest BCUT2D eigenvalue weighted by atomic mass is 35.5. The van der Waals surface area contributed by atoms with Crippen molar-refractivity contribution in [3.63, 3.8) is 0 Å². The first kappa shape index (κ1) is 24.4. The van der Waals surface area contributed by atoms with E-state index in [0.717, 1.165) is 11.1 Å². The zero-order chi connectivity index (χ0) is 22.9. The molecule has 0 aliphatic carbocycles. The molecular weight excluding hydrogens is 475 g/mol. The molecule has 172 valence electrons. The van der Waals surface area contributed by atoms with E-state index >= 15 is 0 Å². The zero-order valence-corrected chi connectivity index (χ0v) is 20.1. The van der Waals surface area contributed by atoms with E-state index in [1.165, 1.54) is 0 Å². The molecule has 0 bridgehead atoms. The summed E-state index contributed by atoms with van der Waals surface area (Å²) in [5.74, 6) is 1.69. The molecule has 0 spiro atoms. The Morgan fingerprint density at radius 1 is 1.25 bits per heavy atom. The minimum atomic E-state index is -0.272. The van der Waals surface area contributed by atoms with E-state index in [2.05, 4.69) is 25.7 Å². The first-order valence-corrected chi connectivity index (χ1v) is 11.7. The quantitative estimate of drug-likeness (QED) is 0.222. The standard InChI is InChI=1S/C20H24Cl2N6O3S/c1-3-32-20-26-18(24-7-9-30-2)14-11-25-28(19(14)27-20)8-6-23-17(29)12-31-16-5-4-13(21)10-15(16)22/h4-5,10-11H,3,6-9,12H2,1-2H3,(H,23,29)(H,24,26,27). The van der Waals surface area contributed by atoms with Gasteiger partial charge in [-0.05, 0) is 24.0 Å². The van der Waals surface area contributed by atoms with E-state index in [-0.39, 0.29) is 12.5 Å². The lowest BCUT2D eigenvalue weighted by Gasteiger charge is -2.10. The van der Waals surface area contributed by atoms with Crippen LogP contribution in [0.3, 0.4) is 0 Å². The van der Waals surface area contributed by atoms with Gasteiger partial charge in [-0.15, -0.1) is 0 Å². The van der Waals surface area contributed by atoms with Gasteiger partial charge in [-0.1, -0.05) is 41.9 Å². The van der Waals surface area contributed by atoms with Crippen LogP contribution in [-0.2, 0) is 16.1 Å². The number of fused-ring (bicyclic) bond motifs is 1. The number of amides is 1. The molecule has 1 amide bonds. The number of anilines is 1. The van der Waals surface area contributed by atoms with Crippen molar-refractivity contribution < 1.29 is 14.3 Å². The van der Waals surface area contributed by atoms with Gasteiger partial charge < -0.3 is 20.1 Å². The van der Waals surface area contributed by atoms with Gasteiger partial charge in [0, 0.05) is 25.2 Å². The first-order chi connectivity index (χ1) is 15.5. The van der Waals surface area contributed by atoms with Crippen molar-refractivity contribution in [2.24, 2.45) is 0 Å². The van der Waals surface area contributed by atoms with Gasteiger partial charge in [-0.25, -0.2) is 14.6 Å². The molecule has 0 atom stereocenters. The number of rotatable bonds is 12. The van der Waals surface area contributed by atoms with Crippen LogP contribution in [0.5, 0.6) is 5.75 Å². The van der Waals surface area contributed by atoms with E-state index in [0.29, 0.717) is 58.7 Å². The first-order valence-electron chi connectivity index (χ1n) is 9.95. The van der Waals surface area contributed by atoms with E-state index in [4.69, 9.17) is 32.7 Å². The van der Waals surface area contributed by atoms with Crippen LogP contribution in [0.15, 0.2) is 29.6 Å². The number of ether oxygens (including phenoxy) is 2. The maximum atomic E-state index is 12.1. The third-order valence-electron chi connectivity index (χ3n) is 4.25. The lowest BCUT2D eigenvalue weighted by molar-refractivity contribution is -0.123. The van der Waals surface area contributed by atoms with Gasteiger partial charge in [-0.3, -0.25) is 4.79 Å². The number of halogens is 2. The van der Waals surface area contributed by atoms with Gasteiger partial charge in [0.05, 0.1) is 29.8 Å². The number of thioether (sulfide) groups is 1. The highest BCUT2D eigenvalue weighted by Gasteiger charge is 2.13. The Hall–Kier alpha value is -2.27. The number of hydrogen-bond donors (Lipinski definition) is 2. The van der Waals surface area contributed by atoms with Crippen LogP contribution < -0.4 is 15.4 Å². The van der Waals surface area contributed by atoms with E-state index in [1.54, 1.807) is 47.9 Å². The molecule has 32 heavy (non-hydrogen) atoms. The second-order valence-corrected chi connectivity index (χ2v) is 8.60. The summed E-state index contributed by atoms with van der Waals surface area (Å²) in [6.45, 7) is 3.88. The van der Waals surface area contributed by atoms with Crippen LogP contribution in [0.4, 0.5) is 5.82 Å². The summed E-state index contributed by atoms with van der Waals surface area (Å²) in [6.07, 6.45) is 1.72. The number of nitrogens with zero attached hydrogens (tertiary/aromatic N) is 4. The third-order valence-corrected chi connectivity index (χ3v) is 5.51. The van der Waals surface area contributed by atoms with Crippen molar-refractivity contribution >= 4 is 57.7 Å². The minimum Gasteiger partial charge on any atom is -0.482 e. The molecule has 0 radical (unpaired) electrons. The molecule has 0 aliphatic rings. The summed E-state index contributed by atoms with van der Waals surface area (Å²) in [7, 11) is 1.65. The fourth-order valence-electron chi connectivity index (χ4n) is 2.79. The smallest absolute Gasteiger partial charge is 0.258 e. The summed E-state index contributed by atoms with van der Waals surface area (Å²) < 4.78 is 12.3. The fourth-order valence-corrected chi connectivity index (χ4v) is 3.81. The molecule has 12 heteroatoms. The number of carbonyl (C=O) groups excluding carboxylic acids is 1. The van der Waals surface area contributed by atoms with E-state index in [1.807, 2.05) is 6.92 Å². The van der Waals surface area contributed by atoms with Gasteiger partial charge >= 0.3 is 0 Å². The monoisotopic (exact) mass is 498 g/mol. The summed E-state index contributed by atoms with van der Waals surface area (Å²) in [5, 5.41) is 12.8. The van der Waals surface area contributed by atoms with Crippen molar-refractivity contribution in [1.29, 1.82) is 0 Å². The molecule has 0 fully saturated rings. The molecule has 0 unspecified atom stereocenters. The molecule has 2 N–H and O–H groups in total. The number of benzene rings is 1. The zero-order valence-electron chi connectivity index (χ0n) is 17.7. The maximum absolute atomic E-state index is 12.1. The van der Waals surface area contributed by atoms with Crippen molar-refractivity contribution in [2.45, 2.75) is 18.6 Å². The fraction of sp³-hybridized carbons (Fsp3) is 0.400. The van der Waals surface area contributed by atoms with Crippen LogP contribution in [-0.4, -0.2) is 64.8 Å². The van der Waals surface area contributed by atoms with Gasteiger partial charge in [0.1, 0.15) is 11.6 Å². The molecule has 2 aromatic heterocycles. The average Bonchev–Trinajstić information content (AvgIpc) is 3.16. The number of hydrogen-bond acceptors (Lipinski definition) is 8. The average molecular weight is 499 g/mol. The third kappa shape index (κ3) is 6.61. The highest BCUT2D eigenvalue weighted by Crippen LogP contribution is 2.27. The summed E-state index contributed by atoms with van der Waals surface area (Å²) in [6, 6.07) is 4.83. The lowest BCUT2D eigenvalue weighted by atomic mass is 10.3. The lowest BCUT2D eigenvalue weighted by Crippen LogP contribution is -2.31. The SMILES string of the molecule is CCSc1nc(NCCOC)c2cnn(CCNC(=O)COc3ccc(Cl)cc3Cl)c2n1. The molecule has 0 saturated heterocycles. The maximum Gasteiger partial charge on any atom is 0.258 e. The van der Waals surface area contributed by atoms with Gasteiger partial charge in [0.25, 0.3) is 5.91 Å². The molecule has 9 nitrogen and oxygen atoms in total. The van der Waals surface area contributed by atoms with Crippen molar-refractivity contribution in [3.8, 4) is 5.75 Å². The normalized spacial score (nSPS) is 11.0. The largest absolute Gasteiger partial charge is 0.482 e. The molecule has 2 heterocycles. The van der Waals surface area contributed by atoms with Crippen LogP contribution in [0.25, 0.3) is 11.0 Å².